The van der Waals surface area contributed by atoms with Crippen LogP contribution in [0.5, 0.6) is 0 Å². The highest BCUT2D eigenvalue weighted by Crippen LogP contribution is 2.21. The number of ketones is 1. The molecule has 0 aromatic heterocycles. The zero-order valence-electron chi connectivity index (χ0n) is 12.1. The maximum atomic E-state index is 11.5. The molecule has 0 rings (SSSR count). The van der Waals surface area contributed by atoms with Gasteiger partial charge in [0.25, 0.3) is 0 Å². The molecule has 17 heavy (non-hydrogen) atoms. The minimum Gasteiger partial charge on any atom is -0.458 e. The Morgan fingerprint density at radius 1 is 1.00 bits per heavy atom. The number of carbonyl (C=O) groups excluding carboxylic acids is 2. The molecule has 0 fully saturated rings. The van der Waals surface area contributed by atoms with E-state index in [1.54, 1.807) is 0 Å². The molecule has 0 aliphatic rings. The highest BCUT2D eigenvalue weighted by atomic mass is 16.5. The summed E-state index contributed by atoms with van der Waals surface area (Å²) in [6.07, 6.45) is 2.19. The maximum Gasteiger partial charge on any atom is 0.306 e. The van der Waals surface area contributed by atoms with Gasteiger partial charge in [-0.15, -0.1) is 0 Å². The van der Waals surface area contributed by atoms with E-state index in [0.29, 0.717) is 6.42 Å². The molecule has 100 valence electrons. The zero-order valence-corrected chi connectivity index (χ0v) is 12.1. The number of rotatable bonds is 5. The quantitative estimate of drug-likeness (QED) is 0.694. The summed E-state index contributed by atoms with van der Waals surface area (Å²) in [6, 6.07) is 0. The molecule has 0 atom stereocenters. The van der Waals surface area contributed by atoms with Gasteiger partial charge >= 0.3 is 5.97 Å². The summed E-state index contributed by atoms with van der Waals surface area (Å²) >= 11 is 0. The van der Waals surface area contributed by atoms with Gasteiger partial charge in [-0.3, -0.25) is 9.59 Å². The molecule has 0 saturated heterocycles. The van der Waals surface area contributed by atoms with Crippen molar-refractivity contribution in [1.82, 2.24) is 0 Å². The molecule has 0 aliphatic carbocycles. The fourth-order valence-electron chi connectivity index (χ4n) is 1.20. The van der Waals surface area contributed by atoms with Crippen molar-refractivity contribution < 1.29 is 14.3 Å². The second-order valence-corrected chi connectivity index (χ2v) is 6.75. The summed E-state index contributed by atoms with van der Waals surface area (Å²) in [6.45, 7) is 11.8. The van der Waals surface area contributed by atoms with Crippen molar-refractivity contribution in [2.75, 3.05) is 6.61 Å². The monoisotopic (exact) mass is 242 g/mol. The van der Waals surface area contributed by atoms with Crippen molar-refractivity contribution in [3.63, 3.8) is 0 Å². The third-order valence-corrected chi connectivity index (χ3v) is 2.51. The van der Waals surface area contributed by atoms with E-state index in [0.717, 1.165) is 12.8 Å². The number of ether oxygens (including phenoxy) is 1. The lowest BCUT2D eigenvalue weighted by Gasteiger charge is -2.18. The number of carbonyl (C=O) groups is 2. The zero-order chi connectivity index (χ0) is 13.7. The van der Waals surface area contributed by atoms with E-state index in [1.807, 2.05) is 20.8 Å². The number of hydrogen-bond donors (Lipinski definition) is 0. The molecule has 0 unspecified atom stereocenters. The average Bonchev–Trinajstić information content (AvgIpc) is 2.10. The van der Waals surface area contributed by atoms with Crippen molar-refractivity contribution in [3.05, 3.63) is 0 Å². The Bertz CT molecular complexity index is 266. The standard InChI is InChI=1S/C14H26O3/c1-13(2,3)9-7-8-12(16)17-10-11(15)14(4,5)6/h7-10H2,1-6H3. The van der Waals surface area contributed by atoms with Crippen LogP contribution >= 0.6 is 0 Å². The Hall–Kier alpha value is -0.860. The van der Waals surface area contributed by atoms with Gasteiger partial charge in [0.1, 0.15) is 0 Å². The molecule has 0 amide bonds. The fraction of sp³-hybridized carbons (Fsp3) is 0.857. The highest BCUT2D eigenvalue weighted by Gasteiger charge is 2.22. The average molecular weight is 242 g/mol. The van der Waals surface area contributed by atoms with Crippen LogP contribution in [0.3, 0.4) is 0 Å². The predicted molar refractivity (Wildman–Crippen MR) is 68.7 cm³/mol. The molecule has 0 aromatic rings. The third-order valence-electron chi connectivity index (χ3n) is 2.51. The predicted octanol–water partition coefficient (Wildman–Crippen LogP) is 3.36. The normalized spacial score (nSPS) is 12.4. The summed E-state index contributed by atoms with van der Waals surface area (Å²) in [5.74, 6) is -0.312. The molecule has 0 aromatic carbocycles. The Balaban J connectivity index is 3.79. The van der Waals surface area contributed by atoms with Crippen LogP contribution in [0.1, 0.15) is 60.8 Å². The molecule has 0 bridgehead atoms. The van der Waals surface area contributed by atoms with Gasteiger partial charge in [-0.1, -0.05) is 41.5 Å². The molecule has 0 spiro atoms. The summed E-state index contributed by atoms with van der Waals surface area (Å²) in [5.41, 5.74) is -0.201. The maximum absolute atomic E-state index is 11.5. The minimum atomic E-state index is -0.439. The molecular formula is C14H26O3. The largest absolute Gasteiger partial charge is 0.458 e. The first kappa shape index (κ1) is 16.1. The Morgan fingerprint density at radius 3 is 1.94 bits per heavy atom. The smallest absolute Gasteiger partial charge is 0.306 e. The van der Waals surface area contributed by atoms with Gasteiger partial charge in [-0.2, -0.15) is 0 Å². The number of esters is 1. The first-order valence-electron chi connectivity index (χ1n) is 6.21. The summed E-state index contributed by atoms with van der Waals surface area (Å²) < 4.78 is 4.96. The summed E-state index contributed by atoms with van der Waals surface area (Å²) in [7, 11) is 0. The van der Waals surface area contributed by atoms with E-state index < -0.39 is 5.41 Å². The minimum absolute atomic E-state index is 0.0401. The Kier molecular flexibility index (Phi) is 5.86. The Morgan fingerprint density at radius 2 is 1.53 bits per heavy atom. The second-order valence-electron chi connectivity index (χ2n) is 6.75. The topological polar surface area (TPSA) is 43.4 Å². The number of Topliss-reactive ketones (excluding diaryl/α,β-unsaturated/α-hetero) is 1. The van der Waals surface area contributed by atoms with E-state index in [1.165, 1.54) is 0 Å². The van der Waals surface area contributed by atoms with Gasteiger partial charge in [-0.25, -0.2) is 0 Å². The van der Waals surface area contributed by atoms with Gasteiger partial charge in [0.15, 0.2) is 12.4 Å². The lowest BCUT2D eigenvalue weighted by molar-refractivity contribution is -0.150. The number of hydrogen-bond acceptors (Lipinski definition) is 3. The summed E-state index contributed by atoms with van der Waals surface area (Å²) in [4.78, 5) is 22.9. The van der Waals surface area contributed by atoms with Crippen LogP contribution in [0.4, 0.5) is 0 Å². The highest BCUT2D eigenvalue weighted by molar-refractivity contribution is 5.86. The van der Waals surface area contributed by atoms with Crippen LogP contribution in [-0.2, 0) is 14.3 Å². The van der Waals surface area contributed by atoms with E-state index in [4.69, 9.17) is 4.74 Å². The van der Waals surface area contributed by atoms with Crippen molar-refractivity contribution >= 4 is 11.8 Å². The van der Waals surface area contributed by atoms with Gasteiger partial charge in [-0.05, 0) is 18.3 Å². The van der Waals surface area contributed by atoms with Gasteiger partial charge in [0.2, 0.25) is 0 Å². The van der Waals surface area contributed by atoms with Crippen LogP contribution < -0.4 is 0 Å². The SMILES string of the molecule is CC(C)(C)CCCC(=O)OCC(=O)C(C)(C)C. The van der Waals surface area contributed by atoms with Crippen LogP contribution in [0.25, 0.3) is 0 Å². The molecule has 3 heteroatoms. The third kappa shape index (κ3) is 8.90. The molecule has 0 N–H and O–H groups in total. The lowest BCUT2D eigenvalue weighted by Crippen LogP contribution is -2.26. The van der Waals surface area contributed by atoms with E-state index >= 15 is 0 Å². The van der Waals surface area contributed by atoms with Crippen LogP contribution in [0.15, 0.2) is 0 Å². The fourth-order valence-corrected chi connectivity index (χ4v) is 1.20. The van der Waals surface area contributed by atoms with E-state index in [9.17, 15) is 9.59 Å². The van der Waals surface area contributed by atoms with Crippen LogP contribution in [0, 0.1) is 10.8 Å². The van der Waals surface area contributed by atoms with Crippen molar-refractivity contribution in [2.24, 2.45) is 10.8 Å². The molecule has 0 saturated carbocycles. The molecule has 0 aliphatic heterocycles. The van der Waals surface area contributed by atoms with E-state index in [-0.39, 0.29) is 23.8 Å². The summed E-state index contributed by atoms with van der Waals surface area (Å²) in [5, 5.41) is 0. The van der Waals surface area contributed by atoms with Gasteiger partial charge in [0, 0.05) is 11.8 Å². The lowest BCUT2D eigenvalue weighted by atomic mass is 9.90. The first-order chi connectivity index (χ1) is 7.52. The molecule has 0 heterocycles. The van der Waals surface area contributed by atoms with Crippen LogP contribution in [0.2, 0.25) is 0 Å². The first-order valence-corrected chi connectivity index (χ1v) is 6.21. The van der Waals surface area contributed by atoms with Crippen molar-refractivity contribution in [1.29, 1.82) is 0 Å². The van der Waals surface area contributed by atoms with Crippen LogP contribution in [-0.4, -0.2) is 18.4 Å². The molecular weight excluding hydrogens is 216 g/mol. The molecule has 3 nitrogen and oxygen atoms in total. The Labute approximate surface area is 105 Å². The molecule has 0 radical (unpaired) electrons. The van der Waals surface area contributed by atoms with E-state index in [2.05, 4.69) is 20.8 Å². The van der Waals surface area contributed by atoms with Gasteiger partial charge < -0.3 is 4.74 Å². The van der Waals surface area contributed by atoms with Crippen molar-refractivity contribution in [3.8, 4) is 0 Å². The second kappa shape index (κ2) is 6.18. The van der Waals surface area contributed by atoms with Crippen molar-refractivity contribution in [2.45, 2.75) is 60.8 Å². The van der Waals surface area contributed by atoms with Gasteiger partial charge in [0.05, 0.1) is 0 Å².